The first-order chi connectivity index (χ1) is 11.9. The van der Waals surface area contributed by atoms with Crippen LogP contribution in [0.25, 0.3) is 0 Å². The molecule has 1 aliphatic carbocycles. The average Bonchev–Trinajstić information content (AvgIpc) is 2.93. The summed E-state index contributed by atoms with van der Waals surface area (Å²) in [6, 6.07) is 5.47. The molecular weight excluding hydrogens is 342 g/mol. The van der Waals surface area contributed by atoms with Crippen molar-refractivity contribution < 1.29 is 17.9 Å². The van der Waals surface area contributed by atoms with Gasteiger partial charge in [0.05, 0.1) is 24.5 Å². The van der Waals surface area contributed by atoms with Crippen LogP contribution < -0.4 is 20.5 Å². The minimum absolute atomic E-state index is 0.190. The van der Waals surface area contributed by atoms with Crippen LogP contribution in [0.5, 0.6) is 11.5 Å². The first kappa shape index (κ1) is 17.8. The Balaban J connectivity index is 1.70. The number of rotatable bonds is 4. The molecule has 138 valence electrons. The number of hydrogen-bond acceptors (Lipinski definition) is 5. The molecule has 0 radical (unpaired) electrons. The molecule has 1 saturated carbocycles. The number of nitrogens with two attached hydrogens (primary N) is 1. The third kappa shape index (κ3) is 4.00. The molecule has 0 unspecified atom stereocenters. The Morgan fingerprint density at radius 3 is 2.56 bits per heavy atom. The summed E-state index contributed by atoms with van der Waals surface area (Å²) < 4.78 is 34.8. The fraction of sp³-hybridized carbons (Fsp3) is 0.588. The van der Waals surface area contributed by atoms with E-state index in [0.29, 0.717) is 37.6 Å². The van der Waals surface area contributed by atoms with Crippen LogP contribution in [0, 0.1) is 0 Å². The van der Waals surface area contributed by atoms with E-state index in [1.807, 2.05) is 18.2 Å². The summed E-state index contributed by atoms with van der Waals surface area (Å²) in [5, 5.41) is 3.00. The molecule has 1 aromatic carbocycles. The summed E-state index contributed by atoms with van der Waals surface area (Å²) in [4.78, 5) is 4.30. The lowest BCUT2D eigenvalue weighted by molar-refractivity contribution is 0.297. The minimum Gasteiger partial charge on any atom is -0.490 e. The van der Waals surface area contributed by atoms with Gasteiger partial charge in [-0.3, -0.25) is 4.99 Å². The molecule has 3 N–H and O–H groups in total. The van der Waals surface area contributed by atoms with Crippen LogP contribution in [0.15, 0.2) is 23.2 Å². The SMILES string of the molecule is CS(=O)(=O)C1(CN=C(N)Nc2ccc3c(c2)OCCCO3)CCCC1. The molecule has 2 aliphatic rings. The summed E-state index contributed by atoms with van der Waals surface area (Å²) >= 11 is 0. The average molecular weight is 367 g/mol. The molecular formula is C17H25N3O4S. The lowest BCUT2D eigenvalue weighted by atomic mass is 10.1. The number of fused-ring (bicyclic) bond motifs is 1. The van der Waals surface area contributed by atoms with E-state index in [9.17, 15) is 8.42 Å². The number of benzene rings is 1. The highest BCUT2D eigenvalue weighted by atomic mass is 32.2. The fourth-order valence-electron chi connectivity index (χ4n) is 3.32. The van der Waals surface area contributed by atoms with Gasteiger partial charge in [0, 0.05) is 24.4 Å². The van der Waals surface area contributed by atoms with Crippen molar-refractivity contribution in [3.05, 3.63) is 18.2 Å². The predicted molar refractivity (Wildman–Crippen MR) is 98.2 cm³/mol. The van der Waals surface area contributed by atoms with Gasteiger partial charge in [-0.05, 0) is 25.0 Å². The van der Waals surface area contributed by atoms with Crippen molar-refractivity contribution in [2.75, 3.05) is 31.3 Å². The molecule has 1 aromatic rings. The minimum atomic E-state index is -3.18. The van der Waals surface area contributed by atoms with Crippen molar-refractivity contribution in [3.8, 4) is 11.5 Å². The second kappa shape index (κ2) is 7.11. The van der Waals surface area contributed by atoms with E-state index < -0.39 is 14.6 Å². The van der Waals surface area contributed by atoms with Crippen LogP contribution in [-0.4, -0.2) is 45.1 Å². The van der Waals surface area contributed by atoms with Gasteiger partial charge in [0.1, 0.15) is 0 Å². The zero-order valence-corrected chi connectivity index (χ0v) is 15.3. The highest BCUT2D eigenvalue weighted by molar-refractivity contribution is 7.92. The van der Waals surface area contributed by atoms with Crippen LogP contribution in [0.1, 0.15) is 32.1 Å². The van der Waals surface area contributed by atoms with E-state index in [2.05, 4.69) is 10.3 Å². The Morgan fingerprint density at radius 1 is 1.20 bits per heavy atom. The Morgan fingerprint density at radius 2 is 1.88 bits per heavy atom. The number of nitrogens with zero attached hydrogens (tertiary/aromatic N) is 1. The number of nitrogens with one attached hydrogen (secondary N) is 1. The lowest BCUT2D eigenvalue weighted by Gasteiger charge is -2.24. The molecule has 25 heavy (non-hydrogen) atoms. The first-order valence-electron chi connectivity index (χ1n) is 8.56. The Hall–Kier alpha value is -1.96. The van der Waals surface area contributed by atoms with Gasteiger partial charge in [0.15, 0.2) is 27.3 Å². The lowest BCUT2D eigenvalue weighted by Crippen LogP contribution is -2.39. The van der Waals surface area contributed by atoms with Crippen molar-refractivity contribution >= 4 is 21.5 Å². The first-order valence-corrected chi connectivity index (χ1v) is 10.4. The molecule has 1 aliphatic heterocycles. The van der Waals surface area contributed by atoms with Gasteiger partial charge in [-0.1, -0.05) is 12.8 Å². The van der Waals surface area contributed by atoms with Crippen LogP contribution in [0.4, 0.5) is 5.69 Å². The van der Waals surface area contributed by atoms with Gasteiger partial charge < -0.3 is 20.5 Å². The summed E-state index contributed by atoms with van der Waals surface area (Å²) in [7, 11) is -3.18. The summed E-state index contributed by atoms with van der Waals surface area (Å²) in [5.41, 5.74) is 6.69. The third-order valence-corrected chi connectivity index (χ3v) is 6.97. The van der Waals surface area contributed by atoms with Crippen LogP contribution in [-0.2, 0) is 9.84 Å². The number of guanidine groups is 1. The Kier molecular flexibility index (Phi) is 5.08. The van der Waals surface area contributed by atoms with Gasteiger partial charge >= 0.3 is 0 Å². The zero-order chi connectivity index (χ0) is 17.9. The standard InChI is InChI=1S/C17H25N3O4S/c1-25(21,22)17(7-2-3-8-17)12-19-16(18)20-13-5-6-14-15(11-13)24-10-4-9-23-14/h5-6,11H,2-4,7-10,12H2,1H3,(H3,18,19,20). The van der Waals surface area contributed by atoms with E-state index in [4.69, 9.17) is 15.2 Å². The molecule has 7 nitrogen and oxygen atoms in total. The number of ether oxygens (including phenoxy) is 2. The van der Waals surface area contributed by atoms with Gasteiger partial charge in [-0.25, -0.2) is 8.42 Å². The number of sulfone groups is 1. The fourth-order valence-corrected chi connectivity index (χ4v) is 4.65. The second-order valence-electron chi connectivity index (χ2n) is 6.70. The topological polar surface area (TPSA) is 103 Å². The maximum absolute atomic E-state index is 12.2. The molecule has 8 heteroatoms. The molecule has 0 spiro atoms. The summed E-state index contributed by atoms with van der Waals surface area (Å²) in [5.74, 6) is 1.57. The second-order valence-corrected chi connectivity index (χ2v) is 9.11. The Bertz CT molecular complexity index is 755. The molecule has 1 fully saturated rings. The van der Waals surface area contributed by atoms with Crippen LogP contribution in [0.2, 0.25) is 0 Å². The zero-order valence-electron chi connectivity index (χ0n) is 14.5. The third-order valence-electron chi connectivity index (χ3n) is 4.86. The van der Waals surface area contributed by atoms with E-state index in [1.165, 1.54) is 6.26 Å². The molecule has 0 aromatic heterocycles. The predicted octanol–water partition coefficient (Wildman–Crippen LogP) is 1.93. The molecule has 0 saturated heterocycles. The van der Waals surface area contributed by atoms with Crippen molar-refractivity contribution in [1.29, 1.82) is 0 Å². The smallest absolute Gasteiger partial charge is 0.193 e. The van der Waals surface area contributed by atoms with Gasteiger partial charge in [-0.2, -0.15) is 0 Å². The summed E-state index contributed by atoms with van der Waals surface area (Å²) in [6.45, 7) is 1.43. The normalized spacial score (nSPS) is 20.1. The molecule has 0 amide bonds. The van der Waals surface area contributed by atoms with Crippen molar-refractivity contribution in [3.63, 3.8) is 0 Å². The van der Waals surface area contributed by atoms with Crippen LogP contribution in [0.3, 0.4) is 0 Å². The maximum atomic E-state index is 12.2. The largest absolute Gasteiger partial charge is 0.490 e. The number of aliphatic imine (C=N–C) groups is 1. The van der Waals surface area contributed by atoms with Crippen molar-refractivity contribution in [2.24, 2.45) is 10.7 Å². The molecule has 1 heterocycles. The highest BCUT2D eigenvalue weighted by Crippen LogP contribution is 2.37. The number of anilines is 1. The van der Waals surface area contributed by atoms with Crippen molar-refractivity contribution in [2.45, 2.75) is 36.9 Å². The van der Waals surface area contributed by atoms with Gasteiger partial charge in [-0.15, -0.1) is 0 Å². The molecule has 0 bridgehead atoms. The Labute approximate surface area is 148 Å². The van der Waals surface area contributed by atoms with Gasteiger partial charge in [0.2, 0.25) is 0 Å². The van der Waals surface area contributed by atoms with E-state index in [0.717, 1.165) is 24.9 Å². The molecule has 3 rings (SSSR count). The van der Waals surface area contributed by atoms with E-state index in [-0.39, 0.29) is 12.5 Å². The van der Waals surface area contributed by atoms with Gasteiger partial charge in [0.25, 0.3) is 0 Å². The van der Waals surface area contributed by atoms with E-state index in [1.54, 1.807) is 0 Å². The van der Waals surface area contributed by atoms with Crippen LogP contribution >= 0.6 is 0 Å². The summed E-state index contributed by atoms with van der Waals surface area (Å²) in [6.07, 6.45) is 5.26. The monoisotopic (exact) mass is 367 g/mol. The van der Waals surface area contributed by atoms with E-state index >= 15 is 0 Å². The molecule has 0 atom stereocenters. The van der Waals surface area contributed by atoms with Crippen molar-refractivity contribution in [1.82, 2.24) is 0 Å². The highest BCUT2D eigenvalue weighted by Gasteiger charge is 2.43. The number of hydrogen-bond donors (Lipinski definition) is 2. The quantitative estimate of drug-likeness (QED) is 0.623. The maximum Gasteiger partial charge on any atom is 0.193 e.